The molecule has 160 valence electrons. The smallest absolute Gasteiger partial charge is 0.242 e. The maximum absolute atomic E-state index is 13.1. The third-order valence-electron chi connectivity index (χ3n) is 5.68. The van der Waals surface area contributed by atoms with Crippen LogP contribution in [0.1, 0.15) is 44.6 Å². The van der Waals surface area contributed by atoms with Crippen LogP contribution in [0.25, 0.3) is 0 Å². The average molecular weight is 425 g/mol. The van der Waals surface area contributed by atoms with Crippen LogP contribution in [0.2, 0.25) is 0 Å². The number of rotatable bonds is 10. The first-order valence-corrected chi connectivity index (χ1v) is 11.9. The van der Waals surface area contributed by atoms with Crippen LogP contribution in [0.5, 0.6) is 0 Å². The lowest BCUT2D eigenvalue weighted by atomic mass is 10.1. The minimum absolute atomic E-state index is 0.0287. The first-order chi connectivity index (χ1) is 14.6. The highest BCUT2D eigenvalue weighted by Crippen LogP contribution is 2.20. The molecule has 1 aliphatic rings. The number of carbonyl (C=O) groups is 2. The fourth-order valence-electron chi connectivity index (χ4n) is 3.88. The van der Waals surface area contributed by atoms with Crippen molar-refractivity contribution in [2.45, 2.75) is 62.4 Å². The van der Waals surface area contributed by atoms with Crippen molar-refractivity contribution >= 4 is 23.6 Å². The molecule has 1 unspecified atom stereocenters. The van der Waals surface area contributed by atoms with Crippen molar-refractivity contribution in [2.24, 2.45) is 0 Å². The van der Waals surface area contributed by atoms with E-state index >= 15 is 0 Å². The van der Waals surface area contributed by atoms with Crippen molar-refractivity contribution in [1.82, 2.24) is 10.2 Å². The van der Waals surface area contributed by atoms with Crippen molar-refractivity contribution < 1.29 is 9.59 Å². The van der Waals surface area contributed by atoms with Gasteiger partial charge in [-0.1, -0.05) is 61.4 Å². The topological polar surface area (TPSA) is 49.4 Å². The van der Waals surface area contributed by atoms with Gasteiger partial charge in [-0.05, 0) is 43.9 Å². The molecule has 0 aromatic heterocycles. The zero-order valence-corrected chi connectivity index (χ0v) is 18.6. The Balaban J connectivity index is 1.59. The zero-order chi connectivity index (χ0) is 21.2. The molecular weight excluding hydrogens is 392 g/mol. The first kappa shape index (κ1) is 22.4. The molecular formula is C25H32N2O2S. The second-order valence-corrected chi connectivity index (χ2v) is 9.07. The van der Waals surface area contributed by atoms with Gasteiger partial charge in [0.1, 0.15) is 6.04 Å². The van der Waals surface area contributed by atoms with Crippen LogP contribution in [-0.4, -0.2) is 41.1 Å². The number of benzene rings is 2. The first-order valence-electron chi connectivity index (χ1n) is 10.9. The number of thioether (sulfide) groups is 1. The molecule has 3 rings (SSSR count). The lowest BCUT2D eigenvalue weighted by Gasteiger charge is -2.29. The van der Waals surface area contributed by atoms with E-state index in [2.05, 4.69) is 29.6 Å². The predicted molar refractivity (Wildman–Crippen MR) is 124 cm³/mol. The molecule has 0 aliphatic heterocycles. The summed E-state index contributed by atoms with van der Waals surface area (Å²) in [5.41, 5.74) is 1.18. The number of hydrogen-bond acceptors (Lipinski definition) is 3. The Kier molecular flexibility index (Phi) is 8.81. The fraction of sp³-hybridized carbons (Fsp3) is 0.440. The van der Waals surface area contributed by atoms with Crippen molar-refractivity contribution in [1.29, 1.82) is 0 Å². The van der Waals surface area contributed by atoms with Gasteiger partial charge in [0, 0.05) is 29.7 Å². The molecule has 5 heteroatoms. The van der Waals surface area contributed by atoms with E-state index in [1.54, 1.807) is 16.7 Å². The summed E-state index contributed by atoms with van der Waals surface area (Å²) in [5, 5.41) is 3.16. The normalized spacial score (nSPS) is 15.0. The van der Waals surface area contributed by atoms with Crippen LogP contribution < -0.4 is 5.32 Å². The summed E-state index contributed by atoms with van der Waals surface area (Å²) >= 11 is 1.68. The SMILES string of the molecule is CC(C(=O)NC1CCCC1)N(CCc1ccccc1)C(=O)CCSc1ccccc1. The zero-order valence-electron chi connectivity index (χ0n) is 17.8. The highest BCUT2D eigenvalue weighted by molar-refractivity contribution is 7.99. The molecule has 1 aliphatic carbocycles. The summed E-state index contributed by atoms with van der Waals surface area (Å²) in [5.74, 6) is 0.726. The lowest BCUT2D eigenvalue weighted by Crippen LogP contribution is -2.50. The van der Waals surface area contributed by atoms with Crippen molar-refractivity contribution in [2.75, 3.05) is 12.3 Å². The van der Waals surface area contributed by atoms with Gasteiger partial charge >= 0.3 is 0 Å². The Labute approximate surface area is 184 Å². The van der Waals surface area contributed by atoms with E-state index in [9.17, 15) is 9.59 Å². The molecule has 2 amide bonds. The summed E-state index contributed by atoms with van der Waals surface area (Å²) in [6.45, 7) is 2.41. The van der Waals surface area contributed by atoms with E-state index in [0.717, 1.165) is 24.2 Å². The molecule has 30 heavy (non-hydrogen) atoms. The van der Waals surface area contributed by atoms with Crippen LogP contribution in [0.15, 0.2) is 65.6 Å². The fourth-order valence-corrected chi connectivity index (χ4v) is 4.74. The van der Waals surface area contributed by atoms with E-state index in [1.165, 1.54) is 18.4 Å². The Morgan fingerprint density at radius 3 is 2.33 bits per heavy atom. The summed E-state index contributed by atoms with van der Waals surface area (Å²) in [7, 11) is 0. The highest BCUT2D eigenvalue weighted by atomic mass is 32.2. The molecule has 2 aromatic carbocycles. The Morgan fingerprint density at radius 2 is 1.67 bits per heavy atom. The second kappa shape index (κ2) is 11.8. The van der Waals surface area contributed by atoms with Crippen LogP contribution in [0.4, 0.5) is 0 Å². The third-order valence-corrected chi connectivity index (χ3v) is 6.69. The van der Waals surface area contributed by atoms with Crippen molar-refractivity contribution in [3.63, 3.8) is 0 Å². The minimum atomic E-state index is -0.455. The van der Waals surface area contributed by atoms with Gasteiger partial charge in [-0.15, -0.1) is 11.8 Å². The van der Waals surface area contributed by atoms with E-state index in [4.69, 9.17) is 0 Å². The maximum atomic E-state index is 13.1. The number of carbonyl (C=O) groups excluding carboxylic acids is 2. The Morgan fingerprint density at radius 1 is 1.03 bits per heavy atom. The molecule has 0 heterocycles. The van der Waals surface area contributed by atoms with Gasteiger partial charge in [0.25, 0.3) is 0 Å². The quantitative estimate of drug-likeness (QED) is 0.563. The van der Waals surface area contributed by atoms with E-state index in [-0.39, 0.29) is 17.9 Å². The molecule has 4 nitrogen and oxygen atoms in total. The van der Waals surface area contributed by atoms with Crippen LogP contribution >= 0.6 is 11.8 Å². The lowest BCUT2D eigenvalue weighted by molar-refractivity contribution is -0.139. The molecule has 0 bridgehead atoms. The molecule has 1 atom stereocenters. The third kappa shape index (κ3) is 6.91. The van der Waals surface area contributed by atoms with Gasteiger partial charge in [0.2, 0.25) is 11.8 Å². The van der Waals surface area contributed by atoms with Gasteiger partial charge in [-0.25, -0.2) is 0 Å². The number of hydrogen-bond donors (Lipinski definition) is 1. The molecule has 0 radical (unpaired) electrons. The molecule has 1 fully saturated rings. The highest BCUT2D eigenvalue weighted by Gasteiger charge is 2.27. The standard InChI is InChI=1S/C25H32N2O2S/c1-20(25(29)26-22-12-8-9-13-22)27(18-16-21-10-4-2-5-11-21)24(28)17-19-30-23-14-6-3-7-15-23/h2-7,10-11,14-15,20,22H,8-9,12-13,16-19H2,1H3,(H,26,29). The van der Waals surface area contributed by atoms with Crippen molar-refractivity contribution in [3.05, 3.63) is 66.2 Å². The van der Waals surface area contributed by atoms with Gasteiger partial charge < -0.3 is 10.2 Å². The summed E-state index contributed by atoms with van der Waals surface area (Å²) < 4.78 is 0. The van der Waals surface area contributed by atoms with Gasteiger partial charge in [0.15, 0.2) is 0 Å². The predicted octanol–water partition coefficient (Wildman–Crippen LogP) is 4.69. The van der Waals surface area contributed by atoms with Gasteiger partial charge in [0.05, 0.1) is 0 Å². The van der Waals surface area contributed by atoms with Gasteiger partial charge in [-0.3, -0.25) is 9.59 Å². The van der Waals surface area contributed by atoms with Crippen LogP contribution in [0.3, 0.4) is 0 Å². The molecule has 1 saturated carbocycles. The molecule has 0 saturated heterocycles. The van der Waals surface area contributed by atoms with Gasteiger partial charge in [-0.2, -0.15) is 0 Å². The molecule has 1 N–H and O–H groups in total. The van der Waals surface area contributed by atoms with Crippen LogP contribution in [-0.2, 0) is 16.0 Å². The largest absolute Gasteiger partial charge is 0.352 e. The number of nitrogens with one attached hydrogen (secondary N) is 1. The van der Waals surface area contributed by atoms with E-state index in [0.29, 0.717) is 18.7 Å². The Bertz CT molecular complexity index is 791. The monoisotopic (exact) mass is 424 g/mol. The van der Waals surface area contributed by atoms with Crippen LogP contribution in [0, 0.1) is 0 Å². The summed E-state index contributed by atoms with van der Waals surface area (Å²) in [6.07, 6.45) is 5.61. The van der Waals surface area contributed by atoms with E-state index in [1.807, 2.05) is 43.3 Å². The summed E-state index contributed by atoms with van der Waals surface area (Å²) in [4.78, 5) is 28.8. The average Bonchev–Trinajstić information content (AvgIpc) is 3.28. The van der Waals surface area contributed by atoms with E-state index < -0.39 is 6.04 Å². The summed E-state index contributed by atoms with van der Waals surface area (Å²) in [6, 6.07) is 20.1. The Hall–Kier alpha value is -2.27. The molecule has 2 aromatic rings. The number of amides is 2. The second-order valence-electron chi connectivity index (χ2n) is 7.90. The molecule has 0 spiro atoms. The number of nitrogens with zero attached hydrogens (tertiary/aromatic N) is 1. The van der Waals surface area contributed by atoms with Crippen molar-refractivity contribution in [3.8, 4) is 0 Å². The maximum Gasteiger partial charge on any atom is 0.242 e. The minimum Gasteiger partial charge on any atom is -0.352 e.